The molecular formula is C18H22N4O6S. The van der Waals surface area contributed by atoms with Gasteiger partial charge >= 0.3 is 0 Å². The Hall–Kier alpha value is -3.18. The summed E-state index contributed by atoms with van der Waals surface area (Å²) in [6.07, 6.45) is 1.38. The number of anilines is 1. The molecule has 0 radical (unpaired) electrons. The molecule has 0 saturated carbocycles. The molecule has 2 rings (SSSR count). The van der Waals surface area contributed by atoms with Gasteiger partial charge in [-0.05, 0) is 35.9 Å². The molecule has 0 spiro atoms. The smallest absolute Gasteiger partial charge is 0.295 e. The van der Waals surface area contributed by atoms with Crippen LogP contribution in [0.5, 0.6) is 11.5 Å². The summed E-state index contributed by atoms with van der Waals surface area (Å²) in [5.74, 6) is 0.226. The minimum Gasteiger partial charge on any atom is -0.504 e. The van der Waals surface area contributed by atoms with Gasteiger partial charge in [0.25, 0.3) is 5.69 Å². The van der Waals surface area contributed by atoms with Gasteiger partial charge in [0.2, 0.25) is 10.0 Å². The van der Waals surface area contributed by atoms with Gasteiger partial charge in [0.15, 0.2) is 11.5 Å². The molecule has 156 valence electrons. The molecule has 11 heteroatoms. The number of nitrogens with zero attached hydrogens (tertiary/aromatic N) is 3. The number of hydrazone groups is 1. The molecular weight excluding hydrogens is 400 g/mol. The number of methoxy groups -OCH3 is 1. The molecule has 0 amide bonds. The molecule has 2 aromatic carbocycles. The number of sulfonamides is 1. The molecule has 29 heavy (non-hydrogen) atoms. The van der Waals surface area contributed by atoms with Gasteiger partial charge in [-0.1, -0.05) is 13.8 Å². The van der Waals surface area contributed by atoms with Crippen LogP contribution in [-0.4, -0.2) is 49.2 Å². The lowest BCUT2D eigenvalue weighted by atomic mass is 10.2. The molecule has 0 aliphatic carbocycles. The Kier molecular flexibility index (Phi) is 7.13. The van der Waals surface area contributed by atoms with E-state index in [-0.39, 0.29) is 35.2 Å². The molecule has 0 fully saturated rings. The Balaban J connectivity index is 2.31. The molecule has 0 saturated heterocycles. The molecule has 2 aromatic rings. The number of phenols is 1. The summed E-state index contributed by atoms with van der Waals surface area (Å²) < 4.78 is 31.4. The van der Waals surface area contributed by atoms with Crippen molar-refractivity contribution in [3.8, 4) is 11.5 Å². The maximum atomic E-state index is 12.6. The van der Waals surface area contributed by atoms with Gasteiger partial charge in [-0.15, -0.1) is 0 Å². The van der Waals surface area contributed by atoms with E-state index in [9.17, 15) is 23.6 Å². The van der Waals surface area contributed by atoms with Gasteiger partial charge in [-0.2, -0.15) is 9.41 Å². The number of phenolic OH excluding ortho intramolecular Hbond substituents is 1. The van der Waals surface area contributed by atoms with Crippen molar-refractivity contribution < 1.29 is 23.2 Å². The number of nitro benzene ring substituents is 1. The average Bonchev–Trinajstić information content (AvgIpc) is 2.69. The Morgan fingerprint density at radius 3 is 2.52 bits per heavy atom. The average molecular weight is 422 g/mol. The maximum absolute atomic E-state index is 12.6. The Bertz CT molecular complexity index is 1020. The second kappa shape index (κ2) is 9.34. The van der Waals surface area contributed by atoms with Crippen LogP contribution in [0.1, 0.15) is 19.4 Å². The second-order valence-electron chi connectivity index (χ2n) is 5.83. The molecule has 0 bridgehead atoms. The van der Waals surface area contributed by atoms with E-state index in [4.69, 9.17) is 4.74 Å². The summed E-state index contributed by atoms with van der Waals surface area (Å²) in [4.78, 5) is 10.6. The third-order valence-corrected chi connectivity index (χ3v) is 6.16. The highest BCUT2D eigenvalue weighted by atomic mass is 32.2. The maximum Gasteiger partial charge on any atom is 0.295 e. The van der Waals surface area contributed by atoms with Gasteiger partial charge < -0.3 is 9.84 Å². The van der Waals surface area contributed by atoms with E-state index in [0.717, 1.165) is 6.07 Å². The Morgan fingerprint density at radius 1 is 1.24 bits per heavy atom. The highest BCUT2D eigenvalue weighted by Gasteiger charge is 2.25. The summed E-state index contributed by atoms with van der Waals surface area (Å²) in [6, 6.07) is 8.14. The van der Waals surface area contributed by atoms with Crippen molar-refractivity contribution in [3.63, 3.8) is 0 Å². The fourth-order valence-electron chi connectivity index (χ4n) is 2.58. The lowest BCUT2D eigenvalue weighted by Gasteiger charge is -2.18. The quantitative estimate of drug-likeness (QED) is 0.360. The van der Waals surface area contributed by atoms with Crippen molar-refractivity contribution in [1.82, 2.24) is 4.31 Å². The predicted molar refractivity (Wildman–Crippen MR) is 109 cm³/mol. The van der Waals surface area contributed by atoms with Gasteiger partial charge in [-0.25, -0.2) is 8.42 Å². The number of ether oxygens (including phenoxy) is 1. The van der Waals surface area contributed by atoms with Crippen LogP contribution in [0.25, 0.3) is 0 Å². The highest BCUT2D eigenvalue weighted by Crippen LogP contribution is 2.29. The van der Waals surface area contributed by atoms with Gasteiger partial charge in [0.05, 0.1) is 23.1 Å². The van der Waals surface area contributed by atoms with Crippen LogP contribution in [-0.2, 0) is 10.0 Å². The molecule has 10 nitrogen and oxygen atoms in total. The van der Waals surface area contributed by atoms with E-state index in [0.29, 0.717) is 5.56 Å². The van der Waals surface area contributed by atoms with Gasteiger partial charge in [0.1, 0.15) is 5.69 Å². The first-order chi connectivity index (χ1) is 13.7. The lowest BCUT2D eigenvalue weighted by Crippen LogP contribution is -2.30. The normalized spacial score (nSPS) is 11.7. The second-order valence-corrected chi connectivity index (χ2v) is 7.76. The fourth-order valence-corrected chi connectivity index (χ4v) is 4.06. The lowest BCUT2D eigenvalue weighted by molar-refractivity contribution is -0.384. The van der Waals surface area contributed by atoms with Crippen LogP contribution in [0.15, 0.2) is 46.4 Å². The van der Waals surface area contributed by atoms with E-state index in [1.165, 1.54) is 41.9 Å². The number of hydrogen-bond donors (Lipinski definition) is 2. The molecule has 0 heterocycles. The zero-order chi connectivity index (χ0) is 21.6. The van der Waals surface area contributed by atoms with E-state index in [2.05, 4.69) is 10.5 Å². The monoisotopic (exact) mass is 422 g/mol. The van der Waals surface area contributed by atoms with E-state index < -0.39 is 20.6 Å². The van der Waals surface area contributed by atoms with Crippen LogP contribution in [0.2, 0.25) is 0 Å². The summed E-state index contributed by atoms with van der Waals surface area (Å²) in [7, 11) is -2.42. The zero-order valence-corrected chi connectivity index (χ0v) is 17.0. The number of hydrogen-bond acceptors (Lipinski definition) is 8. The molecule has 0 atom stereocenters. The fraction of sp³-hybridized carbons (Fsp3) is 0.278. The van der Waals surface area contributed by atoms with Crippen molar-refractivity contribution in [3.05, 3.63) is 52.1 Å². The molecule has 0 aliphatic rings. The van der Waals surface area contributed by atoms with Crippen LogP contribution in [0.4, 0.5) is 11.4 Å². The third kappa shape index (κ3) is 5.00. The summed E-state index contributed by atoms with van der Waals surface area (Å²) in [5, 5.41) is 25.0. The summed E-state index contributed by atoms with van der Waals surface area (Å²) >= 11 is 0. The minimum atomic E-state index is -3.82. The van der Waals surface area contributed by atoms with Crippen molar-refractivity contribution in [1.29, 1.82) is 0 Å². The molecule has 0 unspecified atom stereocenters. The van der Waals surface area contributed by atoms with E-state index in [1.54, 1.807) is 19.9 Å². The molecule has 0 aliphatic heterocycles. The van der Waals surface area contributed by atoms with E-state index in [1.807, 2.05) is 0 Å². The number of rotatable bonds is 9. The first-order valence-corrected chi connectivity index (χ1v) is 10.1. The van der Waals surface area contributed by atoms with E-state index >= 15 is 0 Å². The first kappa shape index (κ1) is 22.1. The SMILES string of the molecule is CCN(CC)S(=O)(=O)c1ccc(NN=Cc2ccc(O)c(OC)c2)c([N+](=O)[O-])c1. The van der Waals surface area contributed by atoms with Gasteiger partial charge in [0, 0.05) is 19.2 Å². The highest BCUT2D eigenvalue weighted by molar-refractivity contribution is 7.89. The third-order valence-electron chi connectivity index (χ3n) is 4.11. The van der Waals surface area contributed by atoms with Crippen LogP contribution < -0.4 is 10.2 Å². The Morgan fingerprint density at radius 2 is 1.93 bits per heavy atom. The standard InChI is InChI=1S/C18H22N4O6S/c1-4-21(5-2)29(26,27)14-7-8-15(16(11-14)22(24)25)20-19-12-13-6-9-17(23)18(10-13)28-3/h6-12,20,23H,4-5H2,1-3H3. The number of aromatic hydroxyl groups is 1. The van der Waals surface area contributed by atoms with Crippen LogP contribution in [0, 0.1) is 10.1 Å². The summed E-state index contributed by atoms with van der Waals surface area (Å²) in [5.41, 5.74) is 2.75. The first-order valence-electron chi connectivity index (χ1n) is 8.69. The van der Waals surface area contributed by atoms with Crippen molar-refractivity contribution >= 4 is 27.6 Å². The van der Waals surface area contributed by atoms with Crippen LogP contribution >= 0.6 is 0 Å². The number of benzene rings is 2. The Labute approximate surface area is 168 Å². The van der Waals surface area contributed by atoms with Crippen molar-refractivity contribution in [2.24, 2.45) is 5.10 Å². The van der Waals surface area contributed by atoms with Gasteiger partial charge in [-0.3, -0.25) is 15.5 Å². The molecule has 0 aromatic heterocycles. The molecule has 2 N–H and O–H groups in total. The zero-order valence-electron chi connectivity index (χ0n) is 16.2. The summed E-state index contributed by atoms with van der Waals surface area (Å²) in [6.45, 7) is 3.90. The minimum absolute atomic E-state index is 0.0294. The van der Waals surface area contributed by atoms with Crippen LogP contribution in [0.3, 0.4) is 0 Å². The largest absolute Gasteiger partial charge is 0.504 e. The number of nitrogens with one attached hydrogen (secondary N) is 1. The topological polar surface area (TPSA) is 134 Å². The van der Waals surface area contributed by atoms with Crippen molar-refractivity contribution in [2.75, 3.05) is 25.6 Å². The van der Waals surface area contributed by atoms with Crippen molar-refractivity contribution in [2.45, 2.75) is 18.7 Å². The number of nitro groups is 1. The predicted octanol–water partition coefficient (Wildman–Crippen LogP) is 2.79.